The number of benzene rings is 1. The Labute approximate surface area is 121 Å². The molecule has 0 spiro atoms. The highest BCUT2D eigenvalue weighted by atomic mass is 19.4. The molecule has 21 heavy (non-hydrogen) atoms. The summed E-state index contributed by atoms with van der Waals surface area (Å²) in [5.41, 5.74) is 0.341. The van der Waals surface area contributed by atoms with Crippen molar-refractivity contribution in [1.82, 2.24) is 5.32 Å². The molecule has 120 valence electrons. The molecule has 0 heterocycles. The summed E-state index contributed by atoms with van der Waals surface area (Å²) in [5.74, 6) is -0.719. The van der Waals surface area contributed by atoms with Crippen molar-refractivity contribution in [2.75, 3.05) is 31.1 Å². The summed E-state index contributed by atoms with van der Waals surface area (Å²) in [4.78, 5) is 0.832. The van der Waals surface area contributed by atoms with E-state index in [9.17, 15) is 17.6 Å². The molecule has 0 aliphatic rings. The number of alkyl halides is 3. The molecule has 7 heteroatoms. The molecule has 0 aliphatic carbocycles. The van der Waals surface area contributed by atoms with Gasteiger partial charge in [0.25, 0.3) is 0 Å². The van der Waals surface area contributed by atoms with Crippen LogP contribution in [-0.4, -0.2) is 37.5 Å². The number of anilines is 1. The summed E-state index contributed by atoms with van der Waals surface area (Å²) < 4.78 is 51.9. The van der Waals surface area contributed by atoms with E-state index in [1.54, 1.807) is 6.07 Å². The Morgan fingerprint density at radius 1 is 1.29 bits per heavy atom. The Bertz CT molecular complexity index is 437. The molecule has 1 aromatic rings. The lowest BCUT2D eigenvalue weighted by Crippen LogP contribution is -2.37. The van der Waals surface area contributed by atoms with Crippen LogP contribution in [0.25, 0.3) is 0 Å². The molecule has 0 aromatic heterocycles. The Morgan fingerprint density at radius 2 is 2.00 bits per heavy atom. The second kappa shape index (κ2) is 8.19. The van der Waals surface area contributed by atoms with Gasteiger partial charge in [-0.15, -0.1) is 0 Å². The van der Waals surface area contributed by atoms with Crippen LogP contribution in [0.1, 0.15) is 18.9 Å². The van der Waals surface area contributed by atoms with Gasteiger partial charge in [0.15, 0.2) is 0 Å². The zero-order chi connectivity index (χ0) is 15.9. The summed E-state index contributed by atoms with van der Waals surface area (Å²) in [6.45, 7) is 0.875. The minimum absolute atomic E-state index is 0.104. The lowest BCUT2D eigenvalue weighted by Gasteiger charge is -2.28. The lowest BCUT2D eigenvalue weighted by molar-refractivity contribution is -0.119. The fourth-order valence-electron chi connectivity index (χ4n) is 2.06. The van der Waals surface area contributed by atoms with Crippen molar-refractivity contribution in [1.29, 1.82) is 0 Å². The Morgan fingerprint density at radius 3 is 2.57 bits per heavy atom. The first kappa shape index (κ1) is 17.7. The second-order valence-electron chi connectivity index (χ2n) is 4.68. The predicted octanol–water partition coefficient (Wildman–Crippen LogP) is 2.69. The largest absolute Gasteiger partial charge is 0.405 e. The first-order valence-corrected chi connectivity index (χ1v) is 6.79. The number of hydrogen-bond acceptors (Lipinski definition) is 3. The molecule has 0 saturated carbocycles. The van der Waals surface area contributed by atoms with Gasteiger partial charge in [-0.2, -0.15) is 13.2 Å². The van der Waals surface area contributed by atoms with Crippen LogP contribution < -0.4 is 10.2 Å². The maximum Gasteiger partial charge on any atom is 0.405 e. The van der Waals surface area contributed by atoms with E-state index < -0.39 is 25.1 Å². The summed E-state index contributed by atoms with van der Waals surface area (Å²) in [5, 5.41) is 12.0. The number of para-hydroxylation sites is 1. The molecular formula is C14H20F4N2O. The van der Waals surface area contributed by atoms with Crippen LogP contribution in [0.5, 0.6) is 0 Å². The van der Waals surface area contributed by atoms with Gasteiger partial charge in [0.2, 0.25) is 0 Å². The average Bonchev–Trinajstić information content (AvgIpc) is 2.37. The number of aliphatic hydroxyl groups excluding tert-OH is 1. The monoisotopic (exact) mass is 308 g/mol. The molecule has 1 rings (SSSR count). The Kier molecular flexibility index (Phi) is 6.91. The van der Waals surface area contributed by atoms with Crippen molar-refractivity contribution in [3.8, 4) is 0 Å². The molecule has 1 aromatic carbocycles. The maximum atomic E-state index is 14.0. The highest BCUT2D eigenvalue weighted by Crippen LogP contribution is 2.28. The Hall–Kier alpha value is -1.34. The van der Waals surface area contributed by atoms with Crippen LogP contribution in [0.2, 0.25) is 0 Å². The van der Waals surface area contributed by atoms with Crippen molar-refractivity contribution < 1.29 is 22.7 Å². The van der Waals surface area contributed by atoms with E-state index in [4.69, 9.17) is 5.11 Å². The molecule has 0 radical (unpaired) electrons. The van der Waals surface area contributed by atoms with E-state index >= 15 is 0 Å². The zero-order valence-corrected chi connectivity index (χ0v) is 11.9. The summed E-state index contributed by atoms with van der Waals surface area (Å²) in [7, 11) is 0. The van der Waals surface area contributed by atoms with Crippen LogP contribution in [0.3, 0.4) is 0 Å². The lowest BCUT2D eigenvalue weighted by atomic mass is 10.1. The molecule has 0 atom stereocenters. The third-order valence-electron chi connectivity index (χ3n) is 2.87. The molecule has 3 nitrogen and oxygen atoms in total. The fourth-order valence-corrected chi connectivity index (χ4v) is 2.06. The van der Waals surface area contributed by atoms with Gasteiger partial charge < -0.3 is 15.3 Å². The number of aliphatic hydroxyl groups is 1. The number of nitrogens with one attached hydrogen (secondary N) is 1. The molecule has 0 aliphatic heterocycles. The number of rotatable bonds is 8. The highest BCUT2D eigenvalue weighted by molar-refractivity contribution is 5.55. The molecule has 0 saturated heterocycles. The molecule has 0 amide bonds. The van der Waals surface area contributed by atoms with Crippen LogP contribution in [0.4, 0.5) is 23.2 Å². The molecular weight excluding hydrogens is 288 g/mol. The first-order valence-electron chi connectivity index (χ1n) is 6.79. The van der Waals surface area contributed by atoms with E-state index in [2.05, 4.69) is 5.32 Å². The summed E-state index contributed by atoms with van der Waals surface area (Å²) in [6.07, 6.45) is -3.60. The van der Waals surface area contributed by atoms with E-state index in [0.29, 0.717) is 12.1 Å². The van der Waals surface area contributed by atoms with Gasteiger partial charge in [-0.3, -0.25) is 0 Å². The van der Waals surface area contributed by atoms with E-state index in [1.165, 1.54) is 6.07 Å². The molecule has 0 fully saturated rings. The third-order valence-corrected chi connectivity index (χ3v) is 2.87. The predicted molar refractivity (Wildman–Crippen MR) is 73.8 cm³/mol. The average molecular weight is 308 g/mol. The van der Waals surface area contributed by atoms with Crippen LogP contribution in [0.15, 0.2) is 18.2 Å². The number of hydrogen-bond donors (Lipinski definition) is 2. The zero-order valence-electron chi connectivity index (χ0n) is 11.9. The molecule has 0 unspecified atom stereocenters. The van der Waals surface area contributed by atoms with Gasteiger partial charge in [-0.25, -0.2) is 4.39 Å². The SMILES string of the molecule is CCCNCc1cccc(F)c1N(CCO)CC(F)(F)F. The summed E-state index contributed by atoms with van der Waals surface area (Å²) in [6, 6.07) is 4.17. The van der Waals surface area contributed by atoms with Crippen LogP contribution in [0, 0.1) is 5.82 Å². The van der Waals surface area contributed by atoms with E-state index in [1.807, 2.05) is 6.92 Å². The van der Waals surface area contributed by atoms with Crippen molar-refractivity contribution in [3.05, 3.63) is 29.6 Å². The maximum absolute atomic E-state index is 14.0. The third kappa shape index (κ3) is 5.89. The van der Waals surface area contributed by atoms with E-state index in [0.717, 1.165) is 17.4 Å². The second-order valence-corrected chi connectivity index (χ2v) is 4.68. The van der Waals surface area contributed by atoms with Crippen molar-refractivity contribution in [2.45, 2.75) is 26.1 Å². The van der Waals surface area contributed by atoms with Gasteiger partial charge >= 0.3 is 6.18 Å². The topological polar surface area (TPSA) is 35.5 Å². The van der Waals surface area contributed by atoms with Gasteiger partial charge in [-0.1, -0.05) is 19.1 Å². The fraction of sp³-hybridized carbons (Fsp3) is 0.571. The quantitative estimate of drug-likeness (QED) is 0.572. The molecule has 0 bridgehead atoms. The van der Waals surface area contributed by atoms with Crippen molar-refractivity contribution in [3.63, 3.8) is 0 Å². The first-order chi connectivity index (χ1) is 9.89. The van der Waals surface area contributed by atoms with Crippen LogP contribution in [-0.2, 0) is 6.54 Å². The molecule has 2 N–H and O–H groups in total. The van der Waals surface area contributed by atoms with Gasteiger partial charge in [0.05, 0.1) is 12.3 Å². The minimum atomic E-state index is -4.47. The van der Waals surface area contributed by atoms with Gasteiger partial charge in [0.1, 0.15) is 12.4 Å². The van der Waals surface area contributed by atoms with Gasteiger partial charge in [0, 0.05) is 13.1 Å². The highest BCUT2D eigenvalue weighted by Gasteiger charge is 2.32. The smallest absolute Gasteiger partial charge is 0.395 e. The standard InChI is InChI=1S/C14H20F4N2O/c1-2-6-19-9-11-4-3-5-12(15)13(11)20(7-8-21)10-14(16,17)18/h3-5,19,21H,2,6-10H2,1H3. The van der Waals surface area contributed by atoms with Crippen molar-refractivity contribution in [2.24, 2.45) is 0 Å². The summed E-state index contributed by atoms with van der Waals surface area (Å²) >= 11 is 0. The number of nitrogens with zero attached hydrogens (tertiary/aromatic N) is 1. The van der Waals surface area contributed by atoms with E-state index in [-0.39, 0.29) is 18.8 Å². The Balaban J connectivity index is 3.04. The van der Waals surface area contributed by atoms with Crippen LogP contribution >= 0.6 is 0 Å². The number of halogens is 4. The van der Waals surface area contributed by atoms with Gasteiger partial charge in [-0.05, 0) is 24.6 Å². The van der Waals surface area contributed by atoms with Crippen molar-refractivity contribution >= 4 is 5.69 Å². The normalized spacial score (nSPS) is 11.7. The minimum Gasteiger partial charge on any atom is -0.395 e.